The average Bonchev–Trinajstić information content (AvgIpc) is 3.39. The van der Waals surface area contributed by atoms with Crippen molar-refractivity contribution < 1.29 is 14.6 Å². The third-order valence-electron chi connectivity index (χ3n) is 5.59. The number of carbonyl (C=O) groups excluding carboxylic acids is 1. The number of carbonyl (C=O) groups is 1. The van der Waals surface area contributed by atoms with Crippen LogP contribution in [0.4, 0.5) is 0 Å². The summed E-state index contributed by atoms with van der Waals surface area (Å²) in [4.78, 5) is 20.9. The highest BCUT2D eigenvalue weighted by molar-refractivity contribution is 5.86. The third-order valence-corrected chi connectivity index (χ3v) is 5.59. The van der Waals surface area contributed by atoms with E-state index in [9.17, 15) is 9.90 Å². The zero-order valence-corrected chi connectivity index (χ0v) is 16.6. The molecule has 3 aromatic heterocycles. The molecule has 7 nitrogen and oxygen atoms in total. The quantitative estimate of drug-likeness (QED) is 0.640. The number of aryl methyl sites for hydroxylation is 1. The first-order valence-corrected chi connectivity index (χ1v) is 10.1. The van der Waals surface area contributed by atoms with Crippen LogP contribution >= 0.6 is 0 Å². The minimum absolute atomic E-state index is 0.0521. The van der Waals surface area contributed by atoms with Crippen LogP contribution in [-0.4, -0.2) is 32.7 Å². The number of aromatic nitrogens is 3. The van der Waals surface area contributed by atoms with Crippen LogP contribution in [0.2, 0.25) is 0 Å². The summed E-state index contributed by atoms with van der Waals surface area (Å²) in [5, 5.41) is 14.3. The number of fused-ring (bicyclic) bond motifs is 1. The van der Waals surface area contributed by atoms with Gasteiger partial charge in [0.2, 0.25) is 17.7 Å². The number of nitrogens with one attached hydrogen (secondary N) is 1. The van der Waals surface area contributed by atoms with Gasteiger partial charge >= 0.3 is 0 Å². The molecule has 29 heavy (non-hydrogen) atoms. The van der Waals surface area contributed by atoms with E-state index in [2.05, 4.69) is 15.3 Å². The molecule has 0 radical (unpaired) electrons. The Morgan fingerprint density at radius 1 is 1.38 bits per heavy atom. The average molecular weight is 394 g/mol. The molecule has 0 unspecified atom stereocenters. The predicted octanol–water partition coefficient (Wildman–Crippen LogP) is 3.51. The van der Waals surface area contributed by atoms with E-state index in [-0.39, 0.29) is 11.8 Å². The molecule has 1 amide bonds. The van der Waals surface area contributed by atoms with E-state index in [0.717, 1.165) is 24.0 Å². The van der Waals surface area contributed by atoms with Crippen LogP contribution in [-0.2, 0) is 17.8 Å². The molecule has 0 bridgehead atoms. The summed E-state index contributed by atoms with van der Waals surface area (Å²) in [5.41, 5.74) is 2.48. The van der Waals surface area contributed by atoms with Crippen LogP contribution in [0.25, 0.3) is 10.9 Å². The van der Waals surface area contributed by atoms with Crippen molar-refractivity contribution in [3.8, 4) is 11.8 Å². The summed E-state index contributed by atoms with van der Waals surface area (Å²) < 4.78 is 7.36. The fraction of sp³-hybridized carbons (Fsp3) is 0.409. The van der Waals surface area contributed by atoms with Gasteiger partial charge < -0.3 is 19.7 Å². The van der Waals surface area contributed by atoms with Crippen molar-refractivity contribution >= 4 is 16.8 Å². The van der Waals surface area contributed by atoms with Crippen LogP contribution in [0.1, 0.15) is 49.3 Å². The van der Waals surface area contributed by atoms with E-state index in [1.807, 2.05) is 29.0 Å². The number of hydrogen-bond acceptors (Lipinski definition) is 5. The Labute approximate surface area is 169 Å². The van der Waals surface area contributed by atoms with E-state index >= 15 is 0 Å². The summed E-state index contributed by atoms with van der Waals surface area (Å²) in [6.07, 6.45) is 10.9. The number of aromatic hydroxyl groups is 1. The first-order chi connectivity index (χ1) is 14.2. The van der Waals surface area contributed by atoms with Gasteiger partial charge in [0.05, 0.1) is 18.0 Å². The fourth-order valence-electron chi connectivity index (χ4n) is 4.01. The fourth-order valence-corrected chi connectivity index (χ4v) is 4.01. The molecule has 1 saturated carbocycles. The molecule has 7 heteroatoms. The Hall–Kier alpha value is -3.09. The van der Waals surface area contributed by atoms with Gasteiger partial charge in [0, 0.05) is 43.2 Å². The van der Waals surface area contributed by atoms with Crippen LogP contribution in [0, 0.1) is 0 Å². The van der Waals surface area contributed by atoms with Crippen molar-refractivity contribution in [2.75, 3.05) is 7.11 Å². The van der Waals surface area contributed by atoms with Crippen molar-refractivity contribution in [3.63, 3.8) is 0 Å². The van der Waals surface area contributed by atoms with Crippen LogP contribution < -0.4 is 10.1 Å². The molecular weight excluding hydrogens is 368 g/mol. The molecule has 0 saturated heterocycles. The smallest absolute Gasteiger partial charge is 0.220 e. The second-order valence-electron chi connectivity index (χ2n) is 7.53. The molecule has 1 aliphatic rings. The largest absolute Gasteiger partial charge is 0.494 e. The number of amides is 1. The van der Waals surface area contributed by atoms with Crippen molar-refractivity contribution in [2.45, 2.75) is 51.1 Å². The summed E-state index contributed by atoms with van der Waals surface area (Å²) in [5.74, 6) is 0.656. The van der Waals surface area contributed by atoms with Gasteiger partial charge in [-0.15, -0.1) is 0 Å². The Morgan fingerprint density at radius 2 is 2.21 bits per heavy atom. The molecule has 4 rings (SSSR count). The Bertz CT molecular complexity index is 994. The standard InChI is InChI=1S/C22H26N4O3/c1-29-21-16(13-24-20(27)9-8-15-5-4-10-23-12-15)11-18-19(25-21)14-26(22(18)28)17-6-2-3-7-17/h4-5,10-12,14,17,28H,2-3,6-9,13H2,1H3,(H,24,27). The summed E-state index contributed by atoms with van der Waals surface area (Å²) in [7, 11) is 1.57. The van der Waals surface area contributed by atoms with Crippen molar-refractivity contribution in [2.24, 2.45) is 0 Å². The van der Waals surface area contributed by atoms with Gasteiger partial charge in [-0.2, -0.15) is 0 Å². The zero-order valence-electron chi connectivity index (χ0n) is 16.6. The second-order valence-corrected chi connectivity index (χ2v) is 7.53. The van der Waals surface area contributed by atoms with Crippen LogP contribution in [0.3, 0.4) is 0 Å². The van der Waals surface area contributed by atoms with Crippen LogP contribution in [0.15, 0.2) is 36.8 Å². The summed E-state index contributed by atoms with van der Waals surface area (Å²) >= 11 is 0. The second kappa shape index (κ2) is 8.51. The van der Waals surface area contributed by atoms with Gasteiger partial charge in [0.1, 0.15) is 0 Å². The molecule has 3 heterocycles. The van der Waals surface area contributed by atoms with Gasteiger partial charge in [-0.1, -0.05) is 18.9 Å². The maximum Gasteiger partial charge on any atom is 0.220 e. The maximum atomic E-state index is 12.3. The van der Waals surface area contributed by atoms with E-state index in [0.29, 0.717) is 42.2 Å². The lowest BCUT2D eigenvalue weighted by molar-refractivity contribution is -0.121. The number of methoxy groups -OCH3 is 1. The van der Waals surface area contributed by atoms with Gasteiger partial charge in [-0.3, -0.25) is 9.78 Å². The molecule has 1 fully saturated rings. The molecule has 0 atom stereocenters. The minimum atomic E-state index is -0.0521. The Morgan fingerprint density at radius 3 is 2.93 bits per heavy atom. The molecule has 2 N–H and O–H groups in total. The zero-order chi connectivity index (χ0) is 20.2. The summed E-state index contributed by atoms with van der Waals surface area (Å²) in [6, 6.07) is 6.01. The first-order valence-electron chi connectivity index (χ1n) is 10.1. The molecule has 152 valence electrons. The maximum absolute atomic E-state index is 12.3. The first kappa shape index (κ1) is 19.2. The number of ether oxygens (including phenoxy) is 1. The van der Waals surface area contributed by atoms with E-state index in [1.165, 1.54) is 12.8 Å². The number of hydrogen-bond donors (Lipinski definition) is 2. The SMILES string of the molecule is COc1nc2cn(C3CCCC3)c(O)c2cc1CNC(=O)CCc1cccnc1. The normalized spacial score (nSPS) is 14.4. The minimum Gasteiger partial charge on any atom is -0.494 e. The van der Waals surface area contributed by atoms with Gasteiger partial charge in [-0.05, 0) is 37.0 Å². The lowest BCUT2D eigenvalue weighted by Crippen LogP contribution is -2.23. The van der Waals surface area contributed by atoms with E-state index in [4.69, 9.17) is 4.74 Å². The highest BCUT2D eigenvalue weighted by Crippen LogP contribution is 2.38. The third kappa shape index (κ3) is 4.18. The number of pyridine rings is 2. The molecule has 0 spiro atoms. The van der Waals surface area contributed by atoms with E-state index in [1.54, 1.807) is 19.5 Å². The van der Waals surface area contributed by atoms with Gasteiger partial charge in [0.25, 0.3) is 0 Å². The van der Waals surface area contributed by atoms with Crippen molar-refractivity contribution in [1.29, 1.82) is 0 Å². The highest BCUT2D eigenvalue weighted by Gasteiger charge is 2.22. The van der Waals surface area contributed by atoms with Crippen LogP contribution in [0.5, 0.6) is 11.8 Å². The lowest BCUT2D eigenvalue weighted by Gasteiger charge is -2.12. The molecule has 3 aromatic rings. The molecule has 0 aromatic carbocycles. The highest BCUT2D eigenvalue weighted by atomic mass is 16.5. The van der Waals surface area contributed by atoms with Gasteiger partial charge in [-0.25, -0.2) is 4.98 Å². The molecular formula is C22H26N4O3. The van der Waals surface area contributed by atoms with Gasteiger partial charge in [0.15, 0.2) is 0 Å². The topological polar surface area (TPSA) is 89.3 Å². The van der Waals surface area contributed by atoms with Crippen molar-refractivity contribution in [3.05, 3.63) is 47.9 Å². The van der Waals surface area contributed by atoms with E-state index < -0.39 is 0 Å². The monoisotopic (exact) mass is 394 g/mol. The Balaban J connectivity index is 1.47. The number of rotatable bonds is 7. The van der Waals surface area contributed by atoms with Crippen molar-refractivity contribution in [1.82, 2.24) is 19.9 Å². The lowest BCUT2D eigenvalue weighted by atomic mass is 10.1. The Kier molecular flexibility index (Phi) is 5.64. The summed E-state index contributed by atoms with van der Waals surface area (Å²) in [6.45, 7) is 0.298. The number of nitrogens with zero attached hydrogens (tertiary/aromatic N) is 3. The molecule has 0 aliphatic heterocycles. The predicted molar refractivity (Wildman–Crippen MR) is 110 cm³/mol. The molecule has 1 aliphatic carbocycles.